The zero-order valence-corrected chi connectivity index (χ0v) is 18.1. The lowest BCUT2D eigenvalue weighted by atomic mass is 10.1. The average molecular weight is 431 g/mol. The molecule has 5 heterocycles. The summed E-state index contributed by atoms with van der Waals surface area (Å²) in [6, 6.07) is 8.65. The molecular weight excluding hydrogens is 404 g/mol. The Morgan fingerprint density at radius 3 is 2.75 bits per heavy atom. The molecule has 0 bridgehead atoms. The van der Waals surface area contributed by atoms with Gasteiger partial charge in [-0.15, -0.1) is 0 Å². The molecule has 2 atom stereocenters. The van der Waals surface area contributed by atoms with Crippen LogP contribution in [0, 0.1) is 0 Å². The smallest absolute Gasteiger partial charge is 0.163 e. The van der Waals surface area contributed by atoms with E-state index in [1.165, 1.54) is 6.33 Å². The van der Waals surface area contributed by atoms with E-state index >= 15 is 0 Å². The van der Waals surface area contributed by atoms with Crippen LogP contribution in [0.4, 0.5) is 17.5 Å². The molecule has 0 amide bonds. The first-order valence-electron chi connectivity index (χ1n) is 10.7. The number of fused-ring (bicyclic) bond motifs is 1. The third-order valence-electron chi connectivity index (χ3n) is 5.50. The Bertz CT molecular complexity index is 1230. The van der Waals surface area contributed by atoms with Crippen molar-refractivity contribution in [3.8, 4) is 11.4 Å². The molecule has 5 N–H and O–H groups in total. The van der Waals surface area contributed by atoms with Gasteiger partial charge in [0.05, 0.1) is 17.6 Å². The molecule has 164 valence electrons. The number of nitrogens with one attached hydrogen (secondary N) is 3. The molecule has 0 aliphatic carbocycles. The fourth-order valence-electron chi connectivity index (χ4n) is 4.21. The Morgan fingerprint density at radius 2 is 1.94 bits per heavy atom. The zero-order chi connectivity index (χ0) is 22.1. The summed E-state index contributed by atoms with van der Waals surface area (Å²) in [7, 11) is 0. The number of piperazine rings is 1. The van der Waals surface area contributed by atoms with Crippen molar-refractivity contribution in [1.82, 2.24) is 35.2 Å². The molecule has 10 heteroatoms. The van der Waals surface area contributed by atoms with Gasteiger partial charge in [0, 0.05) is 43.1 Å². The Hall–Kier alpha value is -3.79. The minimum Gasteiger partial charge on any atom is -0.384 e. The van der Waals surface area contributed by atoms with Crippen molar-refractivity contribution in [2.45, 2.75) is 32.5 Å². The van der Waals surface area contributed by atoms with Crippen molar-refractivity contribution in [2.75, 3.05) is 29.0 Å². The summed E-state index contributed by atoms with van der Waals surface area (Å²) in [5, 5.41) is 7.79. The molecule has 1 aliphatic heterocycles. The van der Waals surface area contributed by atoms with Crippen molar-refractivity contribution in [3.05, 3.63) is 48.7 Å². The summed E-state index contributed by atoms with van der Waals surface area (Å²) in [6.07, 6.45) is 4.99. The van der Waals surface area contributed by atoms with Crippen LogP contribution in [0.5, 0.6) is 0 Å². The maximum Gasteiger partial charge on any atom is 0.163 e. The molecular formula is C22H26N10. The number of aromatic nitrogens is 6. The lowest BCUT2D eigenvalue weighted by Gasteiger charge is -2.37. The zero-order valence-electron chi connectivity index (χ0n) is 18.1. The summed E-state index contributed by atoms with van der Waals surface area (Å²) in [6.45, 7) is 6.81. The lowest BCUT2D eigenvalue weighted by molar-refractivity contribution is 0.405. The van der Waals surface area contributed by atoms with Crippen LogP contribution in [-0.4, -0.2) is 55.1 Å². The van der Waals surface area contributed by atoms with E-state index in [2.05, 4.69) is 66.4 Å². The Labute approximate surface area is 185 Å². The number of aromatic amines is 1. The van der Waals surface area contributed by atoms with Gasteiger partial charge >= 0.3 is 0 Å². The number of nitrogens with two attached hydrogens (primary N) is 1. The van der Waals surface area contributed by atoms with Gasteiger partial charge in [0.1, 0.15) is 29.4 Å². The van der Waals surface area contributed by atoms with Crippen LogP contribution in [0.1, 0.15) is 19.5 Å². The summed E-state index contributed by atoms with van der Waals surface area (Å²) in [5.74, 6) is 2.62. The Kier molecular flexibility index (Phi) is 5.28. The highest BCUT2D eigenvalue weighted by Crippen LogP contribution is 2.30. The molecule has 0 aromatic carbocycles. The summed E-state index contributed by atoms with van der Waals surface area (Å²) in [4.78, 5) is 27.9. The van der Waals surface area contributed by atoms with E-state index in [1.54, 1.807) is 12.3 Å². The lowest BCUT2D eigenvalue weighted by Crippen LogP contribution is -2.54. The molecule has 1 saturated heterocycles. The van der Waals surface area contributed by atoms with Crippen molar-refractivity contribution >= 4 is 28.5 Å². The molecule has 0 saturated carbocycles. The molecule has 1 aliphatic rings. The van der Waals surface area contributed by atoms with Gasteiger partial charge in [-0.05, 0) is 32.0 Å². The first-order valence-corrected chi connectivity index (χ1v) is 10.7. The second-order valence-electron chi connectivity index (χ2n) is 8.17. The minimum absolute atomic E-state index is 0.410. The monoisotopic (exact) mass is 430 g/mol. The van der Waals surface area contributed by atoms with Crippen LogP contribution in [0.15, 0.2) is 43.0 Å². The topological polar surface area (TPSA) is 134 Å². The maximum absolute atomic E-state index is 5.85. The van der Waals surface area contributed by atoms with Gasteiger partial charge in [-0.1, -0.05) is 6.07 Å². The first kappa shape index (κ1) is 20.1. The largest absolute Gasteiger partial charge is 0.384 e. The number of rotatable bonds is 5. The number of H-pyrrole nitrogens is 1. The van der Waals surface area contributed by atoms with Crippen LogP contribution < -0.4 is 21.3 Å². The van der Waals surface area contributed by atoms with Gasteiger partial charge in [-0.3, -0.25) is 0 Å². The van der Waals surface area contributed by atoms with Crippen LogP contribution in [0.25, 0.3) is 22.4 Å². The summed E-state index contributed by atoms with van der Waals surface area (Å²) >= 11 is 0. The number of nitrogen functional groups attached to an aromatic ring is 1. The fraction of sp³-hybridized carbons (Fsp3) is 0.318. The second-order valence-corrected chi connectivity index (χ2v) is 8.17. The van der Waals surface area contributed by atoms with Crippen molar-refractivity contribution in [1.29, 1.82) is 0 Å². The van der Waals surface area contributed by atoms with Crippen molar-refractivity contribution < 1.29 is 0 Å². The molecule has 5 rings (SSSR count). The van der Waals surface area contributed by atoms with E-state index in [4.69, 9.17) is 10.7 Å². The van der Waals surface area contributed by atoms with Crippen LogP contribution in [0.3, 0.4) is 0 Å². The van der Waals surface area contributed by atoms with E-state index < -0.39 is 0 Å². The predicted octanol–water partition coefficient (Wildman–Crippen LogP) is 2.19. The van der Waals surface area contributed by atoms with Gasteiger partial charge in [0.15, 0.2) is 5.82 Å². The highest BCUT2D eigenvalue weighted by atomic mass is 15.3. The number of nitrogens with zero attached hydrogens (tertiary/aromatic N) is 6. The molecule has 0 radical (unpaired) electrons. The number of hydrogen-bond acceptors (Lipinski definition) is 9. The molecule has 32 heavy (non-hydrogen) atoms. The quantitative estimate of drug-likeness (QED) is 0.376. The third-order valence-corrected chi connectivity index (χ3v) is 5.50. The molecule has 10 nitrogen and oxygen atoms in total. The van der Waals surface area contributed by atoms with E-state index in [-0.39, 0.29) is 0 Å². The summed E-state index contributed by atoms with van der Waals surface area (Å²) < 4.78 is 0. The van der Waals surface area contributed by atoms with Crippen molar-refractivity contribution in [3.63, 3.8) is 0 Å². The highest BCUT2D eigenvalue weighted by Gasteiger charge is 2.22. The van der Waals surface area contributed by atoms with Gasteiger partial charge in [-0.2, -0.15) is 0 Å². The fourth-order valence-corrected chi connectivity index (χ4v) is 4.21. The van der Waals surface area contributed by atoms with E-state index in [0.717, 1.165) is 35.6 Å². The molecule has 0 spiro atoms. The molecule has 0 unspecified atom stereocenters. The Morgan fingerprint density at radius 1 is 1.09 bits per heavy atom. The van der Waals surface area contributed by atoms with Gasteiger partial charge < -0.3 is 26.3 Å². The van der Waals surface area contributed by atoms with E-state index in [1.807, 2.05) is 12.3 Å². The summed E-state index contributed by atoms with van der Waals surface area (Å²) in [5.41, 5.74) is 8.28. The van der Waals surface area contributed by atoms with Crippen LogP contribution in [-0.2, 0) is 6.54 Å². The van der Waals surface area contributed by atoms with Crippen molar-refractivity contribution in [2.24, 2.45) is 0 Å². The number of anilines is 3. The predicted molar refractivity (Wildman–Crippen MR) is 125 cm³/mol. The van der Waals surface area contributed by atoms with Crippen LogP contribution >= 0.6 is 0 Å². The second kappa shape index (κ2) is 8.39. The molecule has 4 aromatic rings. The SMILES string of the molecule is C[C@@H]1CN(c2cccc(CNc3ncnc4[nH]cc(-c5nccc(N)n5)c34)n2)C[C@H](C)N1. The van der Waals surface area contributed by atoms with Gasteiger partial charge in [0.25, 0.3) is 0 Å². The van der Waals surface area contributed by atoms with Crippen LogP contribution in [0.2, 0.25) is 0 Å². The first-order chi connectivity index (χ1) is 15.6. The minimum atomic E-state index is 0.410. The number of pyridine rings is 1. The maximum atomic E-state index is 5.85. The van der Waals surface area contributed by atoms with Gasteiger partial charge in [0.2, 0.25) is 0 Å². The highest BCUT2D eigenvalue weighted by molar-refractivity contribution is 5.99. The standard InChI is InChI=1S/C22H26N10/c1-13-10-32(11-14(2)29-13)18-5-3-4-15(30-18)8-25-21-19-16(9-26-22(19)28-12-27-21)20-24-7-6-17(23)31-20/h3-7,9,12-14,29H,8,10-11H2,1-2H3,(H2,23,24,31)(H2,25,26,27,28)/t13-,14+. The average Bonchev–Trinajstić information content (AvgIpc) is 3.22. The van der Waals surface area contributed by atoms with Gasteiger partial charge in [-0.25, -0.2) is 24.9 Å². The van der Waals surface area contributed by atoms with E-state index in [9.17, 15) is 0 Å². The normalized spacial score (nSPS) is 18.8. The third kappa shape index (κ3) is 4.04. The molecule has 1 fully saturated rings. The van der Waals surface area contributed by atoms with E-state index in [0.29, 0.717) is 41.7 Å². The Balaban J connectivity index is 1.40. The number of hydrogen-bond donors (Lipinski definition) is 4. The molecule has 4 aromatic heterocycles.